The van der Waals surface area contributed by atoms with Crippen LogP contribution in [0.3, 0.4) is 0 Å². The average molecular weight is 416 g/mol. The SMILES string of the molecule is CCS(=O)Nc1ccc2c(c1)C(NC1CC1)c1cc(-c3ccccc3)cnc1C=C2. The number of fused-ring (bicyclic) bond motifs is 2. The Hall–Kier alpha value is -2.76. The fraction of sp³-hybridized carbons (Fsp3) is 0.240. The van der Waals surface area contributed by atoms with Crippen molar-refractivity contribution in [2.45, 2.75) is 31.8 Å². The molecule has 4 nitrogen and oxygen atoms in total. The summed E-state index contributed by atoms with van der Waals surface area (Å²) in [5, 5.41) is 3.83. The molecule has 30 heavy (non-hydrogen) atoms. The van der Waals surface area contributed by atoms with Crippen LogP contribution in [0.2, 0.25) is 0 Å². The number of aromatic nitrogens is 1. The standard InChI is InChI=1S/C25H25N3OS/c1-2-30(29)28-21-10-8-18-9-13-24-23(25(22(18)15-21)27-20-11-12-20)14-19(16-26-24)17-6-4-3-5-7-17/h3-10,13-16,20,25,27-28H,2,11-12H2,1H3. The van der Waals surface area contributed by atoms with Gasteiger partial charge in [-0.15, -0.1) is 0 Å². The van der Waals surface area contributed by atoms with Crippen LogP contribution >= 0.6 is 0 Å². The van der Waals surface area contributed by atoms with Gasteiger partial charge in [0.05, 0.1) is 11.7 Å². The molecule has 0 saturated heterocycles. The summed E-state index contributed by atoms with van der Waals surface area (Å²) in [5.41, 5.74) is 7.72. The molecule has 2 aromatic carbocycles. The van der Waals surface area contributed by atoms with E-state index in [0.717, 1.165) is 16.9 Å². The number of rotatable bonds is 6. The highest BCUT2D eigenvalue weighted by Crippen LogP contribution is 2.38. The van der Waals surface area contributed by atoms with Gasteiger partial charge < -0.3 is 10.0 Å². The third kappa shape index (κ3) is 3.95. The zero-order valence-electron chi connectivity index (χ0n) is 17.0. The molecule has 3 aromatic rings. The Bertz CT molecular complexity index is 1120. The molecule has 1 aromatic heterocycles. The van der Waals surface area contributed by atoms with Crippen molar-refractivity contribution in [2.75, 3.05) is 10.5 Å². The van der Waals surface area contributed by atoms with Crippen molar-refractivity contribution in [3.63, 3.8) is 0 Å². The van der Waals surface area contributed by atoms with Crippen LogP contribution in [0, 0.1) is 0 Å². The lowest BCUT2D eigenvalue weighted by atomic mass is 9.93. The molecule has 0 radical (unpaired) electrons. The minimum atomic E-state index is -1.07. The number of nitrogens with one attached hydrogen (secondary N) is 2. The monoisotopic (exact) mass is 415 g/mol. The maximum Gasteiger partial charge on any atom is 0.116 e. The number of nitrogens with zero attached hydrogens (tertiary/aromatic N) is 1. The molecular weight excluding hydrogens is 390 g/mol. The minimum absolute atomic E-state index is 0.0467. The average Bonchev–Trinajstić information content (AvgIpc) is 3.62. The van der Waals surface area contributed by atoms with Crippen LogP contribution in [0.25, 0.3) is 23.3 Å². The van der Waals surface area contributed by atoms with Gasteiger partial charge in [0, 0.05) is 29.2 Å². The molecule has 2 aliphatic rings. The van der Waals surface area contributed by atoms with Gasteiger partial charge in [-0.3, -0.25) is 4.98 Å². The summed E-state index contributed by atoms with van der Waals surface area (Å²) in [6.07, 6.45) is 8.61. The van der Waals surface area contributed by atoms with Gasteiger partial charge in [0.25, 0.3) is 0 Å². The number of pyridine rings is 1. The molecule has 5 rings (SSSR count). The van der Waals surface area contributed by atoms with E-state index in [0.29, 0.717) is 11.8 Å². The second-order valence-corrected chi connectivity index (χ2v) is 9.32. The van der Waals surface area contributed by atoms with E-state index in [4.69, 9.17) is 4.98 Å². The first kappa shape index (κ1) is 19.2. The molecular formula is C25H25N3OS. The van der Waals surface area contributed by atoms with Gasteiger partial charge >= 0.3 is 0 Å². The van der Waals surface area contributed by atoms with Crippen molar-refractivity contribution >= 4 is 28.8 Å². The van der Waals surface area contributed by atoms with Crippen molar-refractivity contribution in [1.29, 1.82) is 0 Å². The summed E-state index contributed by atoms with van der Waals surface area (Å²) >= 11 is 0. The van der Waals surface area contributed by atoms with Crippen LogP contribution in [0.4, 0.5) is 5.69 Å². The Balaban J connectivity index is 1.61. The minimum Gasteiger partial charge on any atom is -0.305 e. The van der Waals surface area contributed by atoms with Crippen LogP contribution in [0.15, 0.2) is 60.8 Å². The van der Waals surface area contributed by atoms with Crippen LogP contribution in [-0.4, -0.2) is 21.0 Å². The lowest BCUT2D eigenvalue weighted by Gasteiger charge is -2.23. The Morgan fingerprint density at radius 1 is 1.00 bits per heavy atom. The van der Waals surface area contributed by atoms with Crippen molar-refractivity contribution in [2.24, 2.45) is 0 Å². The second-order valence-electron chi connectivity index (χ2n) is 7.85. The molecule has 1 fully saturated rings. The van der Waals surface area contributed by atoms with Crippen LogP contribution in [0.1, 0.15) is 48.2 Å². The molecule has 2 atom stereocenters. The Kier molecular flexibility index (Phi) is 5.23. The van der Waals surface area contributed by atoms with Crippen molar-refractivity contribution in [3.05, 3.63) is 83.2 Å². The van der Waals surface area contributed by atoms with Gasteiger partial charge in [0.15, 0.2) is 0 Å². The van der Waals surface area contributed by atoms with E-state index in [1.807, 2.05) is 25.3 Å². The third-order valence-corrected chi connectivity index (χ3v) is 6.65. The molecule has 2 unspecified atom stereocenters. The van der Waals surface area contributed by atoms with Gasteiger partial charge in [-0.25, -0.2) is 4.21 Å². The molecule has 0 amide bonds. The van der Waals surface area contributed by atoms with Gasteiger partial charge in [-0.1, -0.05) is 49.4 Å². The van der Waals surface area contributed by atoms with Crippen molar-refractivity contribution in [3.8, 4) is 11.1 Å². The summed E-state index contributed by atoms with van der Waals surface area (Å²) in [6.45, 7) is 1.92. The smallest absolute Gasteiger partial charge is 0.116 e. The fourth-order valence-corrected chi connectivity index (χ4v) is 4.43. The first-order valence-electron chi connectivity index (χ1n) is 10.5. The molecule has 0 bridgehead atoms. The Labute approximate surface area is 180 Å². The predicted molar refractivity (Wildman–Crippen MR) is 125 cm³/mol. The van der Waals surface area contributed by atoms with E-state index >= 15 is 0 Å². The zero-order chi connectivity index (χ0) is 20.5. The van der Waals surface area contributed by atoms with Crippen LogP contribution in [0.5, 0.6) is 0 Å². The molecule has 0 aliphatic heterocycles. The van der Waals surface area contributed by atoms with Gasteiger partial charge in [-0.2, -0.15) is 0 Å². The first-order valence-corrected chi connectivity index (χ1v) is 11.8. The number of anilines is 1. The van der Waals surface area contributed by atoms with Crippen molar-refractivity contribution < 1.29 is 4.21 Å². The maximum atomic E-state index is 12.0. The van der Waals surface area contributed by atoms with Gasteiger partial charge in [0.1, 0.15) is 11.0 Å². The highest BCUT2D eigenvalue weighted by atomic mass is 32.2. The summed E-state index contributed by atoms with van der Waals surface area (Å²) in [5.74, 6) is 0.577. The number of hydrogen-bond donors (Lipinski definition) is 2. The fourth-order valence-electron chi connectivity index (χ4n) is 3.90. The van der Waals surface area contributed by atoms with Gasteiger partial charge in [0.2, 0.25) is 0 Å². The lowest BCUT2D eigenvalue weighted by Crippen LogP contribution is -2.26. The van der Waals surface area contributed by atoms with E-state index in [-0.39, 0.29) is 6.04 Å². The van der Waals surface area contributed by atoms with Crippen LogP contribution < -0.4 is 10.0 Å². The third-order valence-electron chi connectivity index (χ3n) is 5.66. The van der Waals surface area contributed by atoms with E-state index in [1.54, 1.807) is 0 Å². The van der Waals surface area contributed by atoms with E-state index < -0.39 is 11.0 Å². The highest BCUT2D eigenvalue weighted by Gasteiger charge is 2.30. The first-order chi connectivity index (χ1) is 14.7. The molecule has 0 spiro atoms. The number of hydrogen-bond acceptors (Lipinski definition) is 3. The highest BCUT2D eigenvalue weighted by molar-refractivity contribution is 7.86. The summed E-state index contributed by atoms with van der Waals surface area (Å²) in [4.78, 5) is 4.81. The van der Waals surface area contributed by atoms with E-state index in [9.17, 15) is 4.21 Å². The normalized spacial score (nSPS) is 18.2. The second kappa shape index (κ2) is 8.17. The van der Waals surface area contributed by atoms with Crippen LogP contribution in [-0.2, 0) is 11.0 Å². The van der Waals surface area contributed by atoms with Crippen molar-refractivity contribution in [1.82, 2.24) is 10.3 Å². The largest absolute Gasteiger partial charge is 0.305 e. The summed E-state index contributed by atoms with van der Waals surface area (Å²) < 4.78 is 15.2. The molecule has 1 saturated carbocycles. The molecule has 2 N–H and O–H groups in total. The molecule has 1 heterocycles. The number of benzene rings is 2. The lowest BCUT2D eigenvalue weighted by molar-refractivity contribution is 0.599. The predicted octanol–water partition coefficient (Wildman–Crippen LogP) is 5.17. The van der Waals surface area contributed by atoms with Gasteiger partial charge in [-0.05, 0) is 59.4 Å². The molecule has 152 valence electrons. The molecule has 5 heteroatoms. The van der Waals surface area contributed by atoms with E-state index in [1.165, 1.54) is 35.1 Å². The van der Waals surface area contributed by atoms with E-state index in [2.05, 4.69) is 64.7 Å². The molecule has 2 aliphatic carbocycles. The topological polar surface area (TPSA) is 54.0 Å². The zero-order valence-corrected chi connectivity index (χ0v) is 17.8. The summed E-state index contributed by atoms with van der Waals surface area (Å²) in [7, 11) is -1.07. The summed E-state index contributed by atoms with van der Waals surface area (Å²) in [6, 6.07) is 19.5. The quantitative estimate of drug-likeness (QED) is 0.584. The Morgan fingerprint density at radius 3 is 2.60 bits per heavy atom. The maximum absolute atomic E-state index is 12.0. The Morgan fingerprint density at radius 2 is 1.83 bits per heavy atom.